The van der Waals surface area contributed by atoms with Crippen LogP contribution in [-0.2, 0) is 0 Å². The first kappa shape index (κ1) is 12.0. The lowest BCUT2D eigenvalue weighted by Crippen LogP contribution is -1.96. The van der Waals surface area contributed by atoms with E-state index < -0.39 is 11.6 Å². The Balaban J connectivity index is 2.28. The van der Waals surface area contributed by atoms with Crippen molar-refractivity contribution in [1.82, 2.24) is 4.98 Å². The molecule has 0 amide bonds. The van der Waals surface area contributed by atoms with Crippen LogP contribution in [0.25, 0.3) is 0 Å². The van der Waals surface area contributed by atoms with Crippen molar-refractivity contribution in [3.05, 3.63) is 52.1 Å². The molecule has 0 atom stereocenters. The maximum Gasteiger partial charge on any atom is 0.130 e. The number of hydrogen-bond acceptors (Lipinski definition) is 2. The van der Waals surface area contributed by atoms with Crippen LogP contribution in [0, 0.1) is 18.6 Å². The molecule has 0 fully saturated rings. The molecule has 0 unspecified atom stereocenters. The van der Waals surface area contributed by atoms with E-state index in [1.54, 1.807) is 6.07 Å². The fourth-order valence-corrected chi connectivity index (χ4v) is 1.61. The summed E-state index contributed by atoms with van der Waals surface area (Å²) in [4.78, 5) is 4.22. The highest BCUT2D eigenvalue weighted by Gasteiger charge is 2.03. The van der Waals surface area contributed by atoms with Crippen LogP contribution in [0.5, 0.6) is 0 Å². The lowest BCUT2D eigenvalue weighted by molar-refractivity contribution is 0.584. The van der Waals surface area contributed by atoms with Gasteiger partial charge < -0.3 is 5.32 Å². The number of benzene rings is 1. The zero-order valence-corrected chi connectivity index (χ0v) is 10.6. The molecule has 17 heavy (non-hydrogen) atoms. The summed E-state index contributed by atoms with van der Waals surface area (Å²) >= 11 is 3.33. The lowest BCUT2D eigenvalue weighted by atomic mass is 10.3. The van der Waals surface area contributed by atoms with E-state index in [2.05, 4.69) is 26.2 Å². The van der Waals surface area contributed by atoms with Crippen LogP contribution < -0.4 is 5.32 Å². The van der Waals surface area contributed by atoms with Gasteiger partial charge >= 0.3 is 0 Å². The summed E-state index contributed by atoms with van der Waals surface area (Å²) in [6.07, 6.45) is 0. The standard InChI is InChI=1S/C12H9BrF2N2/c1-7-11(13)2-3-12(16-7)17-10-5-8(14)4-9(15)6-10/h2-6H,1H3,(H,16,17). The van der Waals surface area contributed by atoms with Crippen LogP contribution >= 0.6 is 15.9 Å². The van der Waals surface area contributed by atoms with E-state index in [1.807, 2.05) is 13.0 Å². The third-order valence-corrected chi connectivity index (χ3v) is 2.99. The predicted molar refractivity (Wildman–Crippen MR) is 66.3 cm³/mol. The van der Waals surface area contributed by atoms with Gasteiger partial charge in [-0.1, -0.05) is 0 Å². The normalized spacial score (nSPS) is 10.4. The fraction of sp³-hybridized carbons (Fsp3) is 0.0833. The average Bonchev–Trinajstić information content (AvgIpc) is 2.22. The molecule has 1 N–H and O–H groups in total. The van der Waals surface area contributed by atoms with Crippen molar-refractivity contribution in [3.63, 3.8) is 0 Å². The Morgan fingerprint density at radius 1 is 1.12 bits per heavy atom. The highest BCUT2D eigenvalue weighted by Crippen LogP contribution is 2.20. The summed E-state index contributed by atoms with van der Waals surface area (Å²) in [5.41, 5.74) is 1.13. The van der Waals surface area contributed by atoms with E-state index in [4.69, 9.17) is 0 Å². The minimum absolute atomic E-state index is 0.330. The molecule has 0 radical (unpaired) electrons. The molecule has 0 saturated heterocycles. The number of nitrogens with one attached hydrogen (secondary N) is 1. The van der Waals surface area contributed by atoms with Gasteiger partial charge in [-0.15, -0.1) is 0 Å². The smallest absolute Gasteiger partial charge is 0.130 e. The van der Waals surface area contributed by atoms with Crippen molar-refractivity contribution >= 4 is 27.4 Å². The molecule has 1 aromatic heterocycles. The summed E-state index contributed by atoms with van der Waals surface area (Å²) in [7, 11) is 0. The Labute approximate surface area is 106 Å². The third kappa shape index (κ3) is 3.00. The van der Waals surface area contributed by atoms with Crippen molar-refractivity contribution in [2.45, 2.75) is 6.92 Å². The second-order valence-corrected chi connectivity index (χ2v) is 4.40. The van der Waals surface area contributed by atoms with Crippen molar-refractivity contribution in [3.8, 4) is 0 Å². The zero-order chi connectivity index (χ0) is 12.4. The monoisotopic (exact) mass is 298 g/mol. The Kier molecular flexibility index (Phi) is 3.38. The molecule has 1 aromatic carbocycles. The van der Waals surface area contributed by atoms with Crippen LogP contribution in [-0.4, -0.2) is 4.98 Å². The summed E-state index contributed by atoms with van der Waals surface area (Å²) < 4.78 is 26.8. The third-order valence-electron chi connectivity index (χ3n) is 2.16. The van der Waals surface area contributed by atoms with Gasteiger partial charge in [0.25, 0.3) is 0 Å². The molecule has 0 bridgehead atoms. The second kappa shape index (κ2) is 4.79. The van der Waals surface area contributed by atoms with E-state index in [-0.39, 0.29) is 0 Å². The van der Waals surface area contributed by atoms with Gasteiger partial charge in [0.2, 0.25) is 0 Å². The van der Waals surface area contributed by atoms with E-state index in [9.17, 15) is 8.78 Å². The summed E-state index contributed by atoms with van der Waals surface area (Å²) in [5.74, 6) is -0.710. The molecule has 1 heterocycles. The molecule has 0 aliphatic heterocycles. The predicted octanol–water partition coefficient (Wildman–Crippen LogP) is 4.17. The second-order valence-electron chi connectivity index (χ2n) is 3.55. The topological polar surface area (TPSA) is 24.9 Å². The number of halogens is 3. The molecule has 88 valence electrons. The Hall–Kier alpha value is -1.49. The highest BCUT2D eigenvalue weighted by molar-refractivity contribution is 9.10. The van der Waals surface area contributed by atoms with E-state index in [1.165, 1.54) is 12.1 Å². The first-order valence-electron chi connectivity index (χ1n) is 4.91. The number of aryl methyl sites for hydroxylation is 1. The van der Waals surface area contributed by atoms with Gasteiger partial charge in [-0.25, -0.2) is 13.8 Å². The summed E-state index contributed by atoms with van der Waals surface area (Å²) in [6, 6.07) is 6.79. The maximum absolute atomic E-state index is 13.0. The molecule has 2 aromatic rings. The molecule has 2 rings (SSSR count). The highest BCUT2D eigenvalue weighted by atomic mass is 79.9. The van der Waals surface area contributed by atoms with E-state index in [0.717, 1.165) is 16.2 Å². The average molecular weight is 299 g/mol. The first-order chi connectivity index (χ1) is 8.04. The van der Waals surface area contributed by atoms with Crippen LogP contribution in [0.1, 0.15) is 5.69 Å². The molecule has 0 spiro atoms. The Morgan fingerprint density at radius 2 is 1.76 bits per heavy atom. The van der Waals surface area contributed by atoms with Crippen molar-refractivity contribution < 1.29 is 8.78 Å². The molecular weight excluding hydrogens is 290 g/mol. The minimum atomic E-state index is -0.624. The quantitative estimate of drug-likeness (QED) is 0.900. The maximum atomic E-state index is 13.0. The molecule has 0 aliphatic carbocycles. The van der Waals surface area contributed by atoms with Crippen molar-refractivity contribution in [2.24, 2.45) is 0 Å². The first-order valence-corrected chi connectivity index (χ1v) is 5.70. The molecule has 2 nitrogen and oxygen atoms in total. The number of aromatic nitrogens is 1. The minimum Gasteiger partial charge on any atom is -0.340 e. The zero-order valence-electron chi connectivity index (χ0n) is 8.97. The summed E-state index contributed by atoms with van der Waals surface area (Å²) in [5, 5.41) is 2.84. The van der Waals surface area contributed by atoms with Gasteiger partial charge in [0.05, 0.1) is 5.69 Å². The van der Waals surface area contributed by atoms with Gasteiger partial charge in [-0.05, 0) is 47.1 Å². The van der Waals surface area contributed by atoms with Crippen molar-refractivity contribution in [2.75, 3.05) is 5.32 Å². The number of anilines is 2. The van der Waals surface area contributed by atoms with Crippen LogP contribution in [0.4, 0.5) is 20.3 Å². The molecule has 0 aliphatic rings. The SMILES string of the molecule is Cc1nc(Nc2cc(F)cc(F)c2)ccc1Br. The van der Waals surface area contributed by atoms with E-state index in [0.29, 0.717) is 11.5 Å². The number of hydrogen-bond donors (Lipinski definition) is 1. The van der Waals surface area contributed by atoms with Crippen LogP contribution in [0.2, 0.25) is 0 Å². The fourth-order valence-electron chi connectivity index (χ4n) is 1.39. The molecular formula is C12H9BrF2N2. The number of nitrogens with zero attached hydrogens (tertiary/aromatic N) is 1. The van der Waals surface area contributed by atoms with Crippen LogP contribution in [0.15, 0.2) is 34.8 Å². The summed E-state index contributed by atoms with van der Waals surface area (Å²) in [6.45, 7) is 1.83. The molecule has 5 heteroatoms. The van der Waals surface area contributed by atoms with Gasteiger partial charge in [0, 0.05) is 16.2 Å². The Bertz CT molecular complexity index is 538. The van der Waals surface area contributed by atoms with Crippen molar-refractivity contribution in [1.29, 1.82) is 0 Å². The Morgan fingerprint density at radius 3 is 2.35 bits per heavy atom. The number of rotatable bonds is 2. The molecule has 0 saturated carbocycles. The van der Waals surface area contributed by atoms with Crippen LogP contribution in [0.3, 0.4) is 0 Å². The van der Waals surface area contributed by atoms with Gasteiger partial charge in [0.1, 0.15) is 17.5 Å². The lowest BCUT2D eigenvalue weighted by Gasteiger charge is -2.07. The van der Waals surface area contributed by atoms with Gasteiger partial charge in [0.15, 0.2) is 0 Å². The van der Waals surface area contributed by atoms with E-state index >= 15 is 0 Å². The number of pyridine rings is 1. The van der Waals surface area contributed by atoms with Gasteiger partial charge in [-0.3, -0.25) is 0 Å². The van der Waals surface area contributed by atoms with Gasteiger partial charge in [-0.2, -0.15) is 0 Å². The largest absolute Gasteiger partial charge is 0.340 e.